The van der Waals surface area contributed by atoms with Crippen LogP contribution in [0.4, 0.5) is 0 Å². The monoisotopic (exact) mass is 306 g/mol. The molecule has 2 N–H and O–H groups in total. The molecule has 1 fully saturated rings. The molecule has 1 saturated heterocycles. The Kier molecular flexibility index (Phi) is 7.43. The van der Waals surface area contributed by atoms with Crippen molar-refractivity contribution in [2.24, 2.45) is 0 Å². The first-order chi connectivity index (χ1) is 10.8. The van der Waals surface area contributed by atoms with Crippen LogP contribution in [0, 0.1) is 0 Å². The van der Waals surface area contributed by atoms with Crippen LogP contribution < -0.4 is 14.5 Å². The first kappa shape index (κ1) is 17.0. The summed E-state index contributed by atoms with van der Waals surface area (Å²) in [7, 11) is 2.27. The Hall–Kier alpha value is -1.36. The second-order valence-electron chi connectivity index (χ2n) is 6.02. The maximum absolute atomic E-state index is 5.81. The number of benzene rings is 1. The summed E-state index contributed by atoms with van der Waals surface area (Å²) in [5, 5.41) is 0. The molecule has 0 saturated carbocycles. The molecule has 0 unspecified atom stereocenters. The molecule has 0 spiro atoms. The van der Waals surface area contributed by atoms with Crippen molar-refractivity contribution in [3.05, 3.63) is 42.5 Å². The van der Waals surface area contributed by atoms with Gasteiger partial charge in [-0.15, -0.1) is 6.58 Å². The van der Waals surface area contributed by atoms with Crippen LogP contribution in [-0.4, -0.2) is 59.6 Å². The molecule has 0 aromatic heterocycles. The number of allylic oxidation sites excluding steroid dienone is 1. The zero-order valence-corrected chi connectivity index (χ0v) is 13.8. The van der Waals surface area contributed by atoms with E-state index in [2.05, 4.69) is 19.7 Å². The van der Waals surface area contributed by atoms with E-state index in [0.717, 1.165) is 25.3 Å². The van der Waals surface area contributed by atoms with Gasteiger partial charge in [0.2, 0.25) is 0 Å². The molecule has 0 radical (unpaired) electrons. The minimum absolute atomic E-state index is 0.608. The summed E-state index contributed by atoms with van der Waals surface area (Å²) in [6.45, 7) is 12.1. The van der Waals surface area contributed by atoms with E-state index < -0.39 is 0 Å². The van der Waals surface area contributed by atoms with Gasteiger partial charge in [-0.2, -0.15) is 0 Å². The van der Waals surface area contributed by atoms with E-state index in [0.29, 0.717) is 13.2 Å². The molecule has 0 atom stereocenters. The minimum atomic E-state index is 0.608. The normalized spacial score (nSPS) is 21.5. The van der Waals surface area contributed by atoms with Gasteiger partial charge in [-0.3, -0.25) is 0 Å². The number of hydrogen-bond acceptors (Lipinski definition) is 2. The predicted molar refractivity (Wildman–Crippen MR) is 88.8 cm³/mol. The molecule has 0 aliphatic carbocycles. The topological polar surface area (TPSA) is 27.3 Å². The molecule has 4 nitrogen and oxygen atoms in total. The summed E-state index contributed by atoms with van der Waals surface area (Å²) in [5.74, 6) is 0.943. The van der Waals surface area contributed by atoms with Gasteiger partial charge >= 0.3 is 0 Å². The lowest BCUT2D eigenvalue weighted by atomic mass is 10.1. The molecule has 4 heteroatoms. The van der Waals surface area contributed by atoms with E-state index in [1.54, 1.807) is 9.80 Å². The van der Waals surface area contributed by atoms with E-state index in [1.165, 1.54) is 31.7 Å². The molecule has 22 heavy (non-hydrogen) atoms. The largest absolute Gasteiger partial charge is 0.491 e. The van der Waals surface area contributed by atoms with Crippen molar-refractivity contribution in [3.63, 3.8) is 0 Å². The SMILES string of the molecule is C=CCc1ccccc1OCCOCC[NH+]1CC[NH+](C)CC1. The molecule has 1 aromatic carbocycles. The summed E-state index contributed by atoms with van der Waals surface area (Å²) in [4.78, 5) is 3.32. The van der Waals surface area contributed by atoms with Crippen molar-refractivity contribution >= 4 is 0 Å². The summed E-state index contributed by atoms with van der Waals surface area (Å²) < 4.78 is 11.5. The highest BCUT2D eigenvalue weighted by molar-refractivity contribution is 5.34. The van der Waals surface area contributed by atoms with Gasteiger partial charge < -0.3 is 19.3 Å². The zero-order valence-electron chi connectivity index (χ0n) is 13.8. The van der Waals surface area contributed by atoms with Crippen molar-refractivity contribution in [2.75, 3.05) is 59.6 Å². The number of rotatable bonds is 9. The fraction of sp³-hybridized carbons (Fsp3) is 0.556. The molecule has 1 aliphatic heterocycles. The maximum atomic E-state index is 5.81. The van der Waals surface area contributed by atoms with E-state index in [1.807, 2.05) is 24.3 Å². The van der Waals surface area contributed by atoms with Crippen LogP contribution in [-0.2, 0) is 11.2 Å². The van der Waals surface area contributed by atoms with Gasteiger partial charge in [-0.25, -0.2) is 0 Å². The molecular weight excluding hydrogens is 276 g/mol. The number of para-hydroxylation sites is 1. The molecule has 1 aliphatic rings. The smallest absolute Gasteiger partial charge is 0.127 e. The molecule has 1 heterocycles. The van der Waals surface area contributed by atoms with E-state index >= 15 is 0 Å². The van der Waals surface area contributed by atoms with Crippen LogP contribution >= 0.6 is 0 Å². The lowest BCUT2D eigenvalue weighted by Crippen LogP contribution is -3.27. The molecule has 0 amide bonds. The summed E-state index contributed by atoms with van der Waals surface area (Å²) in [6.07, 6.45) is 2.74. The Morgan fingerprint density at radius 1 is 1.09 bits per heavy atom. The van der Waals surface area contributed by atoms with Crippen molar-refractivity contribution in [2.45, 2.75) is 6.42 Å². The average Bonchev–Trinajstić information content (AvgIpc) is 2.54. The Balaban J connectivity index is 1.57. The third-order valence-electron chi connectivity index (χ3n) is 4.23. The van der Waals surface area contributed by atoms with Gasteiger partial charge in [-0.1, -0.05) is 24.3 Å². The summed E-state index contributed by atoms with van der Waals surface area (Å²) >= 11 is 0. The van der Waals surface area contributed by atoms with E-state index in [-0.39, 0.29) is 0 Å². The minimum Gasteiger partial charge on any atom is -0.491 e. The molecule has 0 bridgehead atoms. The van der Waals surface area contributed by atoms with Crippen LogP contribution in [0.15, 0.2) is 36.9 Å². The van der Waals surface area contributed by atoms with Gasteiger partial charge in [0.05, 0.1) is 20.3 Å². The van der Waals surface area contributed by atoms with Crippen LogP contribution in [0.5, 0.6) is 5.75 Å². The fourth-order valence-corrected chi connectivity index (χ4v) is 2.78. The molecule has 1 aromatic rings. The van der Waals surface area contributed by atoms with Crippen molar-refractivity contribution in [1.29, 1.82) is 0 Å². The van der Waals surface area contributed by atoms with E-state index in [9.17, 15) is 0 Å². The Bertz CT molecular complexity index is 442. The second-order valence-corrected chi connectivity index (χ2v) is 6.02. The van der Waals surface area contributed by atoms with E-state index in [4.69, 9.17) is 9.47 Å². The second kappa shape index (κ2) is 9.62. The number of ether oxygens (including phenoxy) is 2. The number of nitrogens with one attached hydrogen (secondary N) is 2. The van der Waals surface area contributed by atoms with Crippen molar-refractivity contribution < 1.29 is 19.3 Å². The van der Waals surface area contributed by atoms with Crippen LogP contribution in [0.25, 0.3) is 0 Å². The zero-order chi connectivity index (χ0) is 15.6. The lowest BCUT2D eigenvalue weighted by Gasteiger charge is -2.27. The summed E-state index contributed by atoms with van der Waals surface area (Å²) in [5.41, 5.74) is 1.18. The number of quaternary nitrogens is 2. The fourth-order valence-electron chi connectivity index (χ4n) is 2.78. The maximum Gasteiger partial charge on any atom is 0.127 e. The predicted octanol–water partition coefficient (Wildman–Crippen LogP) is -0.776. The highest BCUT2D eigenvalue weighted by atomic mass is 16.5. The summed E-state index contributed by atoms with van der Waals surface area (Å²) in [6, 6.07) is 8.12. The molecule has 2 rings (SSSR count). The third-order valence-corrected chi connectivity index (χ3v) is 4.23. The van der Waals surface area contributed by atoms with Crippen molar-refractivity contribution in [1.82, 2.24) is 0 Å². The number of likely N-dealkylation sites (N-methyl/N-ethyl adjacent to an activating group) is 1. The first-order valence-electron chi connectivity index (χ1n) is 8.34. The van der Waals surface area contributed by atoms with Crippen LogP contribution in [0.2, 0.25) is 0 Å². The average molecular weight is 306 g/mol. The van der Waals surface area contributed by atoms with Gasteiger partial charge in [0.15, 0.2) is 0 Å². The molecule has 122 valence electrons. The van der Waals surface area contributed by atoms with Crippen LogP contribution in [0.1, 0.15) is 5.56 Å². The number of hydrogen-bond donors (Lipinski definition) is 2. The van der Waals surface area contributed by atoms with Crippen LogP contribution in [0.3, 0.4) is 0 Å². The highest BCUT2D eigenvalue weighted by Crippen LogP contribution is 2.18. The highest BCUT2D eigenvalue weighted by Gasteiger charge is 2.18. The number of piperazine rings is 1. The van der Waals surface area contributed by atoms with Gasteiger partial charge in [0, 0.05) is 0 Å². The molecular formula is C18H30N2O2+2. The van der Waals surface area contributed by atoms with Gasteiger partial charge in [0.25, 0.3) is 0 Å². The quantitative estimate of drug-likeness (QED) is 0.463. The first-order valence-corrected chi connectivity index (χ1v) is 8.34. The Morgan fingerprint density at radius 2 is 1.86 bits per heavy atom. The van der Waals surface area contributed by atoms with Gasteiger partial charge in [-0.05, 0) is 18.1 Å². The Morgan fingerprint density at radius 3 is 2.64 bits per heavy atom. The van der Waals surface area contributed by atoms with Crippen molar-refractivity contribution in [3.8, 4) is 5.75 Å². The van der Waals surface area contributed by atoms with Gasteiger partial charge in [0.1, 0.15) is 45.1 Å². The Labute approximate surface area is 134 Å². The third kappa shape index (κ3) is 5.79. The lowest BCUT2D eigenvalue weighted by molar-refractivity contribution is -1.00. The standard InChI is InChI=1S/C18H28N2O2/c1-3-6-17-7-4-5-8-18(17)22-16-15-21-14-13-20-11-9-19(2)10-12-20/h3-5,7-8H,1,6,9-16H2,2H3/p+2.